The zero-order chi connectivity index (χ0) is 14.7. The van der Waals surface area contributed by atoms with Crippen LogP contribution in [-0.4, -0.2) is 34.9 Å². The molecular weight excluding hydrogens is 262 g/mol. The lowest BCUT2D eigenvalue weighted by Gasteiger charge is -2.22. The van der Waals surface area contributed by atoms with Crippen LogP contribution in [0.4, 0.5) is 0 Å². The van der Waals surface area contributed by atoms with Crippen LogP contribution in [0.2, 0.25) is 0 Å². The number of carbonyl (C=O) groups excluding carboxylic acids is 1. The van der Waals surface area contributed by atoms with Gasteiger partial charge in [0.05, 0.1) is 0 Å². The Labute approximate surface area is 125 Å². The van der Waals surface area contributed by atoms with Crippen LogP contribution in [0, 0.1) is 0 Å². The molecule has 1 N–H and O–H groups in total. The lowest BCUT2D eigenvalue weighted by Crippen LogP contribution is -2.39. The average molecular weight is 283 g/mol. The molecule has 1 aromatic heterocycles. The van der Waals surface area contributed by atoms with Gasteiger partial charge in [0.1, 0.15) is 0 Å². The van der Waals surface area contributed by atoms with E-state index in [2.05, 4.69) is 41.5 Å². The Morgan fingerprint density at radius 3 is 3.10 bits per heavy atom. The van der Waals surface area contributed by atoms with Gasteiger partial charge in [0, 0.05) is 49.9 Å². The molecule has 1 unspecified atom stereocenters. The first-order chi connectivity index (χ1) is 10.2. The van der Waals surface area contributed by atoms with E-state index in [1.165, 1.54) is 16.3 Å². The molecule has 0 bridgehead atoms. The third-order valence-electron chi connectivity index (χ3n) is 4.08. The molecule has 4 heteroatoms. The van der Waals surface area contributed by atoms with E-state index in [9.17, 15) is 4.79 Å². The van der Waals surface area contributed by atoms with Gasteiger partial charge in [-0.05, 0) is 30.4 Å². The summed E-state index contributed by atoms with van der Waals surface area (Å²) in [6.07, 6.45) is 5.44. The van der Waals surface area contributed by atoms with Crippen LogP contribution < -0.4 is 5.32 Å². The Morgan fingerprint density at radius 1 is 1.38 bits per heavy atom. The van der Waals surface area contributed by atoms with Crippen molar-refractivity contribution in [3.63, 3.8) is 0 Å². The molecule has 110 valence electrons. The highest BCUT2D eigenvalue weighted by atomic mass is 16.2. The van der Waals surface area contributed by atoms with Crippen molar-refractivity contribution < 1.29 is 4.79 Å². The molecule has 2 heterocycles. The molecule has 0 saturated carbocycles. The monoisotopic (exact) mass is 283 g/mol. The van der Waals surface area contributed by atoms with Crippen molar-refractivity contribution in [2.45, 2.75) is 32.4 Å². The smallest absolute Gasteiger partial charge is 0.222 e. The number of hydrogen-bond donors (Lipinski definition) is 1. The first kappa shape index (κ1) is 14.0. The number of hydrogen-bond acceptors (Lipinski definition) is 3. The third-order valence-corrected chi connectivity index (χ3v) is 4.08. The predicted molar refractivity (Wildman–Crippen MR) is 83.9 cm³/mol. The number of likely N-dealkylation sites (tertiary alicyclic amines) is 1. The normalized spacial score (nSPS) is 16.6. The van der Waals surface area contributed by atoms with Crippen LogP contribution in [-0.2, 0) is 11.3 Å². The molecule has 21 heavy (non-hydrogen) atoms. The molecule has 1 aromatic carbocycles. The summed E-state index contributed by atoms with van der Waals surface area (Å²) in [5.74, 6) is 0.292. The fraction of sp³-hybridized carbons (Fsp3) is 0.412. The molecule has 1 aliphatic rings. The standard InChI is InChI=1S/C17H21N3O/c1-13(12-20-9-3-6-17(20)21)19-11-15-5-2-4-14-10-18-8-7-16(14)15/h2,4-5,7-8,10,13,19H,3,6,9,11-12H2,1H3. The summed E-state index contributed by atoms with van der Waals surface area (Å²) in [5, 5.41) is 5.93. The van der Waals surface area contributed by atoms with Gasteiger partial charge in [-0.1, -0.05) is 18.2 Å². The average Bonchev–Trinajstić information content (AvgIpc) is 2.90. The highest BCUT2D eigenvalue weighted by Crippen LogP contribution is 2.17. The topological polar surface area (TPSA) is 45.2 Å². The molecular formula is C17H21N3O. The number of benzene rings is 1. The molecule has 1 aliphatic heterocycles. The molecule has 3 rings (SSSR count). The number of fused-ring (bicyclic) bond motifs is 1. The zero-order valence-corrected chi connectivity index (χ0v) is 12.4. The number of amides is 1. The number of nitrogens with one attached hydrogen (secondary N) is 1. The van der Waals surface area contributed by atoms with E-state index in [0.29, 0.717) is 18.4 Å². The van der Waals surface area contributed by atoms with Crippen LogP contribution in [0.25, 0.3) is 10.8 Å². The number of pyridine rings is 1. The van der Waals surface area contributed by atoms with Crippen LogP contribution in [0.3, 0.4) is 0 Å². The predicted octanol–water partition coefficient (Wildman–Crippen LogP) is 2.34. The van der Waals surface area contributed by atoms with Gasteiger partial charge in [0.2, 0.25) is 5.91 Å². The van der Waals surface area contributed by atoms with Crippen LogP contribution >= 0.6 is 0 Å². The van der Waals surface area contributed by atoms with Crippen LogP contribution in [0.15, 0.2) is 36.7 Å². The van der Waals surface area contributed by atoms with Gasteiger partial charge >= 0.3 is 0 Å². The summed E-state index contributed by atoms with van der Waals surface area (Å²) in [4.78, 5) is 17.8. The van der Waals surface area contributed by atoms with E-state index < -0.39 is 0 Å². The first-order valence-electron chi connectivity index (χ1n) is 7.57. The van der Waals surface area contributed by atoms with Crippen molar-refractivity contribution in [3.8, 4) is 0 Å². The molecule has 1 saturated heterocycles. The highest BCUT2D eigenvalue weighted by Gasteiger charge is 2.21. The Balaban J connectivity index is 1.62. The molecule has 0 radical (unpaired) electrons. The first-order valence-corrected chi connectivity index (χ1v) is 7.57. The lowest BCUT2D eigenvalue weighted by molar-refractivity contribution is -0.127. The van der Waals surface area contributed by atoms with Gasteiger partial charge in [-0.15, -0.1) is 0 Å². The minimum atomic E-state index is 0.292. The van der Waals surface area contributed by atoms with Crippen molar-refractivity contribution in [1.82, 2.24) is 15.2 Å². The Bertz CT molecular complexity index is 635. The maximum absolute atomic E-state index is 11.7. The summed E-state index contributed by atoms with van der Waals surface area (Å²) in [7, 11) is 0. The minimum Gasteiger partial charge on any atom is -0.341 e. The molecule has 2 aromatic rings. The molecule has 0 spiro atoms. The second-order valence-electron chi connectivity index (χ2n) is 5.74. The molecule has 4 nitrogen and oxygen atoms in total. The quantitative estimate of drug-likeness (QED) is 0.916. The van der Waals surface area contributed by atoms with Crippen molar-refractivity contribution in [3.05, 3.63) is 42.2 Å². The van der Waals surface area contributed by atoms with Crippen molar-refractivity contribution in [1.29, 1.82) is 0 Å². The highest BCUT2D eigenvalue weighted by molar-refractivity contribution is 5.84. The van der Waals surface area contributed by atoms with Crippen molar-refractivity contribution in [2.24, 2.45) is 0 Å². The number of carbonyl (C=O) groups is 1. The summed E-state index contributed by atoms with van der Waals surface area (Å²) in [6.45, 7) is 4.65. The number of rotatable bonds is 5. The number of nitrogens with zero attached hydrogens (tertiary/aromatic N) is 2. The SMILES string of the molecule is CC(CN1CCCC1=O)NCc1cccc2cnccc12. The van der Waals surface area contributed by atoms with Crippen molar-refractivity contribution >= 4 is 16.7 Å². The van der Waals surface area contributed by atoms with Crippen LogP contribution in [0.1, 0.15) is 25.3 Å². The second kappa shape index (κ2) is 6.22. The molecule has 1 amide bonds. The van der Waals surface area contributed by atoms with E-state index in [-0.39, 0.29) is 0 Å². The lowest BCUT2D eigenvalue weighted by atomic mass is 10.1. The zero-order valence-electron chi connectivity index (χ0n) is 12.4. The fourth-order valence-electron chi connectivity index (χ4n) is 2.92. The molecule has 0 aliphatic carbocycles. The fourth-order valence-corrected chi connectivity index (χ4v) is 2.92. The molecule has 1 atom stereocenters. The maximum atomic E-state index is 11.7. The summed E-state index contributed by atoms with van der Waals surface area (Å²) < 4.78 is 0. The van der Waals surface area contributed by atoms with Crippen molar-refractivity contribution in [2.75, 3.05) is 13.1 Å². The van der Waals surface area contributed by atoms with E-state index in [1.54, 1.807) is 0 Å². The van der Waals surface area contributed by atoms with Gasteiger partial charge in [-0.3, -0.25) is 9.78 Å². The van der Waals surface area contributed by atoms with Gasteiger partial charge < -0.3 is 10.2 Å². The maximum Gasteiger partial charge on any atom is 0.222 e. The molecule has 1 fully saturated rings. The Hall–Kier alpha value is -1.94. The van der Waals surface area contributed by atoms with E-state index >= 15 is 0 Å². The van der Waals surface area contributed by atoms with E-state index in [0.717, 1.165) is 26.1 Å². The largest absolute Gasteiger partial charge is 0.341 e. The van der Waals surface area contributed by atoms with Crippen LogP contribution in [0.5, 0.6) is 0 Å². The van der Waals surface area contributed by atoms with Gasteiger partial charge in [0.25, 0.3) is 0 Å². The number of aromatic nitrogens is 1. The van der Waals surface area contributed by atoms with E-state index in [1.807, 2.05) is 17.3 Å². The van der Waals surface area contributed by atoms with Gasteiger partial charge in [-0.2, -0.15) is 0 Å². The summed E-state index contributed by atoms with van der Waals surface area (Å²) >= 11 is 0. The van der Waals surface area contributed by atoms with Gasteiger partial charge in [-0.25, -0.2) is 0 Å². The van der Waals surface area contributed by atoms with E-state index in [4.69, 9.17) is 0 Å². The summed E-state index contributed by atoms with van der Waals surface area (Å²) in [5.41, 5.74) is 1.27. The second-order valence-corrected chi connectivity index (χ2v) is 5.74. The third kappa shape index (κ3) is 3.22. The Morgan fingerprint density at radius 2 is 2.29 bits per heavy atom. The van der Waals surface area contributed by atoms with Gasteiger partial charge in [0.15, 0.2) is 0 Å². The minimum absolute atomic E-state index is 0.292. The summed E-state index contributed by atoms with van der Waals surface area (Å²) in [6, 6.07) is 8.64. The Kier molecular flexibility index (Phi) is 4.15.